The van der Waals surface area contributed by atoms with Gasteiger partial charge in [-0.05, 0) is 25.1 Å². The molecule has 6 nitrogen and oxygen atoms in total. The van der Waals surface area contributed by atoms with Crippen molar-refractivity contribution in [1.29, 1.82) is 0 Å². The Hall–Kier alpha value is -2.37. The van der Waals surface area contributed by atoms with E-state index >= 15 is 0 Å². The van der Waals surface area contributed by atoms with Gasteiger partial charge in [-0.2, -0.15) is 0 Å². The van der Waals surface area contributed by atoms with Crippen molar-refractivity contribution in [3.05, 3.63) is 29.8 Å². The average molecular weight is 247 g/mol. The standard InChI is InChI=1S/C12H13N3O3/c1-2-18-11(17)8-4-3-5-9(6-8)14-12-13-7-10(16)15-12/h3-6H,2,7H2,1H3,(H2,13,14,15,16). The van der Waals surface area contributed by atoms with E-state index in [2.05, 4.69) is 15.6 Å². The Balaban J connectivity index is 2.08. The summed E-state index contributed by atoms with van der Waals surface area (Å²) < 4.78 is 4.90. The Morgan fingerprint density at radius 1 is 1.56 bits per heavy atom. The van der Waals surface area contributed by atoms with Crippen LogP contribution in [0.15, 0.2) is 29.3 Å². The Labute approximate surface area is 104 Å². The Morgan fingerprint density at radius 2 is 2.39 bits per heavy atom. The first-order chi connectivity index (χ1) is 8.69. The van der Waals surface area contributed by atoms with Crippen LogP contribution in [0.1, 0.15) is 17.3 Å². The van der Waals surface area contributed by atoms with Crippen LogP contribution >= 0.6 is 0 Å². The van der Waals surface area contributed by atoms with Gasteiger partial charge in [-0.3, -0.25) is 10.1 Å². The van der Waals surface area contributed by atoms with Gasteiger partial charge in [-0.25, -0.2) is 9.79 Å². The molecule has 0 saturated carbocycles. The van der Waals surface area contributed by atoms with Crippen LogP contribution < -0.4 is 10.6 Å². The molecule has 2 N–H and O–H groups in total. The summed E-state index contributed by atoms with van der Waals surface area (Å²) in [5.74, 6) is -0.140. The predicted molar refractivity (Wildman–Crippen MR) is 66.5 cm³/mol. The molecule has 0 aromatic heterocycles. The minimum Gasteiger partial charge on any atom is -0.462 e. The number of benzene rings is 1. The SMILES string of the molecule is CCOC(=O)c1cccc(NC2=NCC(=O)N2)c1. The lowest BCUT2D eigenvalue weighted by Crippen LogP contribution is -2.30. The first-order valence-electron chi connectivity index (χ1n) is 5.57. The molecule has 1 aromatic rings. The number of amides is 1. The van der Waals surface area contributed by atoms with E-state index in [4.69, 9.17) is 4.74 Å². The minimum atomic E-state index is -0.376. The number of hydrogen-bond donors (Lipinski definition) is 2. The summed E-state index contributed by atoms with van der Waals surface area (Å²) in [6, 6.07) is 6.81. The fourth-order valence-corrected chi connectivity index (χ4v) is 1.51. The fraction of sp³-hybridized carbons (Fsp3) is 0.250. The third-order valence-electron chi connectivity index (χ3n) is 2.28. The Kier molecular flexibility index (Phi) is 3.57. The van der Waals surface area contributed by atoms with Gasteiger partial charge in [0.05, 0.1) is 12.2 Å². The van der Waals surface area contributed by atoms with E-state index in [1.807, 2.05) is 0 Å². The Morgan fingerprint density at radius 3 is 3.06 bits per heavy atom. The van der Waals surface area contributed by atoms with Crippen LogP contribution in [0.5, 0.6) is 0 Å². The third-order valence-corrected chi connectivity index (χ3v) is 2.28. The van der Waals surface area contributed by atoms with Gasteiger partial charge in [0.2, 0.25) is 11.9 Å². The van der Waals surface area contributed by atoms with Gasteiger partial charge in [0, 0.05) is 5.69 Å². The lowest BCUT2D eigenvalue weighted by Gasteiger charge is -2.07. The quantitative estimate of drug-likeness (QED) is 0.773. The second kappa shape index (κ2) is 5.31. The molecule has 0 saturated heterocycles. The molecule has 0 radical (unpaired) electrons. The van der Waals surface area contributed by atoms with Crippen molar-refractivity contribution in [2.45, 2.75) is 6.92 Å². The first-order valence-corrected chi connectivity index (χ1v) is 5.57. The number of guanidine groups is 1. The summed E-state index contributed by atoms with van der Waals surface area (Å²) in [5, 5.41) is 5.48. The molecule has 0 fully saturated rings. The summed E-state index contributed by atoms with van der Waals surface area (Å²) in [4.78, 5) is 26.5. The summed E-state index contributed by atoms with van der Waals surface area (Å²) in [7, 11) is 0. The van der Waals surface area contributed by atoms with Crippen molar-refractivity contribution >= 4 is 23.5 Å². The van der Waals surface area contributed by atoms with Gasteiger partial charge in [0.25, 0.3) is 0 Å². The highest BCUT2D eigenvalue weighted by atomic mass is 16.5. The molecular weight excluding hydrogens is 234 g/mol. The van der Waals surface area contributed by atoms with Crippen molar-refractivity contribution in [3.63, 3.8) is 0 Å². The highest BCUT2D eigenvalue weighted by molar-refractivity contribution is 6.09. The van der Waals surface area contributed by atoms with Crippen molar-refractivity contribution in [2.75, 3.05) is 18.5 Å². The first kappa shape index (κ1) is 12.1. The van der Waals surface area contributed by atoms with Crippen molar-refractivity contribution < 1.29 is 14.3 Å². The summed E-state index contributed by atoms with van der Waals surface area (Å²) in [6.45, 7) is 2.21. The van der Waals surface area contributed by atoms with Gasteiger partial charge in [0.1, 0.15) is 6.54 Å². The van der Waals surface area contributed by atoms with E-state index in [0.29, 0.717) is 23.8 Å². The number of esters is 1. The number of carbonyl (C=O) groups excluding carboxylic acids is 2. The number of anilines is 1. The van der Waals surface area contributed by atoms with Crippen molar-refractivity contribution in [3.8, 4) is 0 Å². The topological polar surface area (TPSA) is 79.8 Å². The molecule has 18 heavy (non-hydrogen) atoms. The molecule has 1 aliphatic rings. The normalized spacial score (nSPS) is 13.8. The van der Waals surface area contributed by atoms with Crippen LogP contribution in [-0.2, 0) is 9.53 Å². The second-order valence-electron chi connectivity index (χ2n) is 3.64. The number of nitrogens with one attached hydrogen (secondary N) is 2. The lowest BCUT2D eigenvalue weighted by atomic mass is 10.2. The smallest absolute Gasteiger partial charge is 0.338 e. The summed E-state index contributed by atoms with van der Waals surface area (Å²) in [5.41, 5.74) is 1.12. The maximum absolute atomic E-state index is 11.5. The van der Waals surface area contributed by atoms with Gasteiger partial charge in [-0.15, -0.1) is 0 Å². The molecule has 0 unspecified atom stereocenters. The van der Waals surface area contributed by atoms with Gasteiger partial charge in [0.15, 0.2) is 0 Å². The van der Waals surface area contributed by atoms with Crippen LogP contribution in [0.2, 0.25) is 0 Å². The van der Waals surface area contributed by atoms with Crippen LogP contribution in [0.4, 0.5) is 5.69 Å². The van der Waals surface area contributed by atoms with E-state index in [-0.39, 0.29) is 18.4 Å². The Bertz CT molecular complexity index is 511. The molecule has 1 aromatic carbocycles. The van der Waals surface area contributed by atoms with Crippen molar-refractivity contribution in [1.82, 2.24) is 5.32 Å². The summed E-state index contributed by atoms with van der Waals surface area (Å²) >= 11 is 0. The number of rotatable bonds is 3. The molecule has 0 aliphatic carbocycles. The van der Waals surface area contributed by atoms with Gasteiger partial charge in [-0.1, -0.05) is 6.07 Å². The largest absolute Gasteiger partial charge is 0.462 e. The summed E-state index contributed by atoms with van der Waals surface area (Å²) in [6.07, 6.45) is 0. The second-order valence-corrected chi connectivity index (χ2v) is 3.64. The number of carbonyl (C=O) groups is 2. The zero-order valence-corrected chi connectivity index (χ0v) is 9.90. The fourth-order valence-electron chi connectivity index (χ4n) is 1.51. The maximum Gasteiger partial charge on any atom is 0.338 e. The highest BCUT2D eigenvalue weighted by Crippen LogP contribution is 2.12. The molecule has 1 aliphatic heterocycles. The number of hydrogen-bond acceptors (Lipinski definition) is 5. The van der Waals surface area contributed by atoms with Crippen LogP contribution in [0, 0.1) is 0 Å². The van der Waals surface area contributed by atoms with E-state index in [0.717, 1.165) is 0 Å². The molecule has 1 amide bonds. The number of nitrogens with zero attached hydrogens (tertiary/aromatic N) is 1. The minimum absolute atomic E-state index is 0.125. The number of aliphatic imine (C=N–C) groups is 1. The molecule has 6 heteroatoms. The van der Waals surface area contributed by atoms with Gasteiger partial charge >= 0.3 is 5.97 Å². The van der Waals surface area contributed by atoms with E-state index < -0.39 is 0 Å². The lowest BCUT2D eigenvalue weighted by molar-refractivity contribution is -0.117. The molecule has 94 valence electrons. The van der Waals surface area contributed by atoms with E-state index in [9.17, 15) is 9.59 Å². The zero-order chi connectivity index (χ0) is 13.0. The molecule has 2 rings (SSSR count). The average Bonchev–Trinajstić information content (AvgIpc) is 2.75. The van der Waals surface area contributed by atoms with Crippen molar-refractivity contribution in [2.24, 2.45) is 4.99 Å². The number of ether oxygens (including phenoxy) is 1. The van der Waals surface area contributed by atoms with Crippen LogP contribution in [0.3, 0.4) is 0 Å². The molecule has 1 heterocycles. The van der Waals surface area contributed by atoms with Crippen LogP contribution in [-0.4, -0.2) is 31.0 Å². The van der Waals surface area contributed by atoms with Gasteiger partial charge < -0.3 is 10.1 Å². The molecule has 0 spiro atoms. The maximum atomic E-state index is 11.5. The molecular formula is C12H13N3O3. The van der Waals surface area contributed by atoms with E-state index in [1.54, 1.807) is 31.2 Å². The highest BCUT2D eigenvalue weighted by Gasteiger charge is 2.13. The molecule has 0 bridgehead atoms. The zero-order valence-electron chi connectivity index (χ0n) is 9.90. The molecule has 0 atom stereocenters. The monoisotopic (exact) mass is 247 g/mol. The predicted octanol–water partition coefficient (Wildman–Crippen LogP) is 0.761. The van der Waals surface area contributed by atoms with Crippen LogP contribution in [0.25, 0.3) is 0 Å². The van der Waals surface area contributed by atoms with E-state index in [1.165, 1.54) is 0 Å². The third kappa shape index (κ3) is 2.85.